The van der Waals surface area contributed by atoms with Crippen molar-refractivity contribution in [2.75, 3.05) is 26.7 Å². The van der Waals surface area contributed by atoms with Crippen molar-refractivity contribution in [2.45, 2.75) is 31.2 Å². The maximum atomic E-state index is 12.9. The van der Waals surface area contributed by atoms with Gasteiger partial charge in [0.15, 0.2) is 0 Å². The van der Waals surface area contributed by atoms with Crippen molar-refractivity contribution in [3.05, 3.63) is 59.7 Å². The highest BCUT2D eigenvalue weighted by Gasteiger charge is 2.36. The molecule has 1 unspecified atom stereocenters. The van der Waals surface area contributed by atoms with Crippen LogP contribution in [0.25, 0.3) is 11.1 Å². The van der Waals surface area contributed by atoms with Crippen molar-refractivity contribution < 1.29 is 29.0 Å². The molecule has 2 aromatic carbocycles. The number of nitrogens with zero attached hydrogens (tertiary/aromatic N) is 1. The van der Waals surface area contributed by atoms with Crippen LogP contribution in [-0.2, 0) is 19.1 Å². The van der Waals surface area contributed by atoms with Gasteiger partial charge in [0, 0.05) is 44.8 Å². The lowest BCUT2D eigenvalue weighted by molar-refractivity contribution is -0.142. The van der Waals surface area contributed by atoms with E-state index in [2.05, 4.69) is 10.6 Å². The van der Waals surface area contributed by atoms with E-state index in [9.17, 15) is 19.2 Å². The van der Waals surface area contributed by atoms with E-state index >= 15 is 0 Å². The number of ether oxygens (including phenoxy) is 1. The van der Waals surface area contributed by atoms with E-state index in [4.69, 9.17) is 9.84 Å². The Balaban J connectivity index is 1.37. The molecular weight excluding hydrogens is 450 g/mol. The van der Waals surface area contributed by atoms with Gasteiger partial charge in [-0.3, -0.25) is 14.4 Å². The molecular formula is C26H29N3O6. The van der Waals surface area contributed by atoms with Crippen LogP contribution in [0, 0.1) is 5.92 Å². The highest BCUT2D eigenvalue weighted by atomic mass is 16.5. The maximum Gasteiger partial charge on any atom is 0.407 e. The van der Waals surface area contributed by atoms with Crippen LogP contribution < -0.4 is 10.6 Å². The van der Waals surface area contributed by atoms with Gasteiger partial charge in [0.25, 0.3) is 0 Å². The zero-order valence-corrected chi connectivity index (χ0v) is 19.5. The number of carboxylic acids is 1. The molecule has 1 saturated heterocycles. The van der Waals surface area contributed by atoms with Crippen LogP contribution in [0.4, 0.5) is 4.79 Å². The molecule has 1 aliphatic heterocycles. The summed E-state index contributed by atoms with van der Waals surface area (Å²) in [5.74, 6) is -1.59. The lowest BCUT2D eigenvalue weighted by atomic mass is 9.94. The van der Waals surface area contributed by atoms with E-state index in [1.165, 1.54) is 4.90 Å². The molecule has 184 valence electrons. The summed E-state index contributed by atoms with van der Waals surface area (Å²) >= 11 is 0. The van der Waals surface area contributed by atoms with Crippen molar-refractivity contribution in [1.82, 2.24) is 15.5 Å². The minimum Gasteiger partial charge on any atom is -0.481 e. The second-order valence-corrected chi connectivity index (χ2v) is 8.94. The Morgan fingerprint density at radius 3 is 2.20 bits per heavy atom. The molecule has 1 atom stereocenters. The SMILES string of the molecule is CNC(=O)CC1CN(C(=O)C(CCC(=O)O)NC(=O)OCC2c3ccccc3-c3ccccc32)C1. The monoisotopic (exact) mass is 479 g/mol. The third-order valence-corrected chi connectivity index (χ3v) is 6.60. The number of nitrogens with one attached hydrogen (secondary N) is 2. The van der Waals surface area contributed by atoms with Crippen LogP contribution in [0.3, 0.4) is 0 Å². The van der Waals surface area contributed by atoms with Crippen molar-refractivity contribution in [1.29, 1.82) is 0 Å². The zero-order valence-electron chi connectivity index (χ0n) is 19.5. The fraction of sp³-hybridized carbons (Fsp3) is 0.385. The van der Waals surface area contributed by atoms with Crippen molar-refractivity contribution in [3.8, 4) is 11.1 Å². The first-order chi connectivity index (χ1) is 16.9. The minimum absolute atomic E-state index is 0.0467. The molecule has 0 aromatic heterocycles. The van der Waals surface area contributed by atoms with E-state index in [1.807, 2.05) is 48.5 Å². The van der Waals surface area contributed by atoms with E-state index in [0.29, 0.717) is 19.5 Å². The van der Waals surface area contributed by atoms with Crippen LogP contribution in [0.1, 0.15) is 36.3 Å². The molecule has 0 saturated carbocycles. The predicted octanol–water partition coefficient (Wildman–Crippen LogP) is 2.35. The number of amides is 3. The van der Waals surface area contributed by atoms with E-state index < -0.39 is 18.1 Å². The standard InChI is InChI=1S/C26H29N3O6/c1-27-23(30)12-16-13-29(14-16)25(33)22(10-11-24(31)32)28-26(34)35-15-21-19-8-4-2-6-17(19)18-7-3-5-9-20(18)21/h2-9,16,21-22H,10-15H2,1H3,(H,27,30)(H,28,34)(H,31,32). The van der Waals surface area contributed by atoms with Crippen LogP contribution in [-0.4, -0.2) is 66.7 Å². The highest BCUT2D eigenvalue weighted by Crippen LogP contribution is 2.44. The summed E-state index contributed by atoms with van der Waals surface area (Å²) in [5, 5.41) is 14.2. The first-order valence-corrected chi connectivity index (χ1v) is 11.7. The van der Waals surface area contributed by atoms with Crippen LogP contribution in [0.15, 0.2) is 48.5 Å². The topological polar surface area (TPSA) is 125 Å². The molecule has 1 fully saturated rings. The fourth-order valence-electron chi connectivity index (χ4n) is 4.77. The molecule has 0 bridgehead atoms. The highest BCUT2D eigenvalue weighted by molar-refractivity contribution is 5.87. The first-order valence-electron chi connectivity index (χ1n) is 11.7. The molecule has 3 amide bonds. The molecule has 2 aromatic rings. The Bertz CT molecular complexity index is 1080. The Morgan fingerprint density at radius 1 is 1.03 bits per heavy atom. The van der Waals surface area contributed by atoms with Gasteiger partial charge < -0.3 is 25.4 Å². The summed E-state index contributed by atoms with van der Waals surface area (Å²) in [4.78, 5) is 49.7. The van der Waals surface area contributed by atoms with Gasteiger partial charge in [-0.2, -0.15) is 0 Å². The normalized spacial score (nSPS) is 15.4. The fourth-order valence-corrected chi connectivity index (χ4v) is 4.77. The molecule has 4 rings (SSSR count). The second kappa shape index (κ2) is 10.6. The molecule has 3 N–H and O–H groups in total. The van der Waals surface area contributed by atoms with Gasteiger partial charge in [-0.15, -0.1) is 0 Å². The number of carboxylic acid groups (broad SMARTS) is 1. The van der Waals surface area contributed by atoms with Crippen molar-refractivity contribution >= 4 is 23.9 Å². The third kappa shape index (κ3) is 5.45. The average molecular weight is 480 g/mol. The summed E-state index contributed by atoms with van der Waals surface area (Å²) in [6, 6.07) is 14.9. The molecule has 0 radical (unpaired) electrons. The summed E-state index contributed by atoms with van der Waals surface area (Å²) < 4.78 is 5.53. The summed E-state index contributed by atoms with van der Waals surface area (Å²) in [5.41, 5.74) is 4.36. The summed E-state index contributed by atoms with van der Waals surface area (Å²) in [7, 11) is 1.56. The van der Waals surface area contributed by atoms with Crippen LogP contribution in [0.5, 0.6) is 0 Å². The number of fused-ring (bicyclic) bond motifs is 3. The maximum absolute atomic E-state index is 12.9. The minimum atomic E-state index is -1.06. The number of hydrogen-bond donors (Lipinski definition) is 3. The number of aliphatic carboxylic acids is 1. The number of alkyl carbamates (subject to hydrolysis) is 1. The van der Waals surface area contributed by atoms with Gasteiger partial charge in [-0.05, 0) is 28.7 Å². The second-order valence-electron chi connectivity index (χ2n) is 8.94. The number of likely N-dealkylation sites (tertiary alicyclic amines) is 1. The predicted molar refractivity (Wildman–Crippen MR) is 128 cm³/mol. The number of rotatable bonds is 9. The Labute approximate surface area is 203 Å². The van der Waals surface area contributed by atoms with Crippen molar-refractivity contribution in [3.63, 3.8) is 0 Å². The molecule has 35 heavy (non-hydrogen) atoms. The third-order valence-electron chi connectivity index (χ3n) is 6.60. The number of benzene rings is 2. The molecule has 2 aliphatic rings. The largest absolute Gasteiger partial charge is 0.481 e. The Kier molecular flexibility index (Phi) is 7.33. The number of hydrogen-bond acceptors (Lipinski definition) is 5. The van der Waals surface area contributed by atoms with E-state index in [0.717, 1.165) is 22.3 Å². The Hall–Kier alpha value is -3.88. The average Bonchev–Trinajstić information content (AvgIpc) is 3.15. The van der Waals surface area contributed by atoms with Gasteiger partial charge in [-0.1, -0.05) is 48.5 Å². The molecule has 0 spiro atoms. The smallest absolute Gasteiger partial charge is 0.407 e. The van der Waals surface area contributed by atoms with Crippen LogP contribution >= 0.6 is 0 Å². The first kappa shape index (κ1) is 24.3. The molecule has 1 heterocycles. The van der Waals surface area contributed by atoms with E-state index in [-0.39, 0.29) is 43.1 Å². The molecule has 9 heteroatoms. The lowest BCUT2D eigenvalue weighted by Gasteiger charge is -2.40. The molecule has 9 nitrogen and oxygen atoms in total. The summed E-state index contributed by atoms with van der Waals surface area (Å²) in [6.45, 7) is 0.877. The van der Waals surface area contributed by atoms with Gasteiger partial charge in [0.1, 0.15) is 12.6 Å². The van der Waals surface area contributed by atoms with Gasteiger partial charge in [0.05, 0.1) is 0 Å². The van der Waals surface area contributed by atoms with Gasteiger partial charge >= 0.3 is 12.1 Å². The van der Waals surface area contributed by atoms with Gasteiger partial charge in [-0.25, -0.2) is 4.79 Å². The number of carbonyl (C=O) groups is 4. The molecule has 1 aliphatic carbocycles. The van der Waals surface area contributed by atoms with E-state index in [1.54, 1.807) is 7.05 Å². The quantitative estimate of drug-likeness (QED) is 0.507. The van der Waals surface area contributed by atoms with Crippen LogP contribution in [0.2, 0.25) is 0 Å². The zero-order chi connectivity index (χ0) is 24.9. The summed E-state index contributed by atoms with van der Waals surface area (Å²) in [6.07, 6.45) is -0.761. The van der Waals surface area contributed by atoms with Gasteiger partial charge in [0.2, 0.25) is 11.8 Å². The van der Waals surface area contributed by atoms with Crippen molar-refractivity contribution in [2.24, 2.45) is 5.92 Å². The Morgan fingerprint density at radius 2 is 1.63 bits per heavy atom. The number of carbonyl (C=O) groups excluding carboxylic acids is 3. The lowest BCUT2D eigenvalue weighted by Crippen LogP contribution is -2.57.